The molecule has 1 aromatic rings. The number of halogens is 1. The summed E-state index contributed by atoms with van der Waals surface area (Å²) in [6.07, 6.45) is -0.128. The first-order valence-corrected chi connectivity index (χ1v) is 5.30. The van der Waals surface area contributed by atoms with Crippen molar-refractivity contribution in [1.82, 2.24) is 0 Å². The fourth-order valence-corrected chi connectivity index (χ4v) is 1.53. The van der Waals surface area contributed by atoms with Crippen LogP contribution < -0.4 is 4.74 Å². The predicted molar refractivity (Wildman–Crippen MR) is 59.9 cm³/mol. The first-order valence-electron chi connectivity index (χ1n) is 4.51. The average molecular weight is 268 g/mol. The van der Waals surface area contributed by atoms with E-state index in [0.29, 0.717) is 17.9 Å². The molecule has 0 saturated heterocycles. The molecule has 0 saturated carbocycles. The number of hydrogen-bond donors (Lipinski definition) is 0. The molecule has 0 amide bonds. The monoisotopic (exact) mass is 267 g/mol. The third-order valence-electron chi connectivity index (χ3n) is 1.78. The van der Waals surface area contributed by atoms with Crippen LogP contribution in [0.3, 0.4) is 0 Å². The molecule has 0 fully saturated rings. The molecule has 0 heterocycles. The van der Waals surface area contributed by atoms with Gasteiger partial charge in [-0.2, -0.15) is 5.26 Å². The van der Waals surface area contributed by atoms with Gasteiger partial charge in [-0.1, -0.05) is 15.9 Å². The second kappa shape index (κ2) is 5.52. The third kappa shape index (κ3) is 3.07. The molecule has 1 aromatic carbocycles. The van der Waals surface area contributed by atoms with Crippen LogP contribution >= 0.6 is 15.9 Å². The van der Waals surface area contributed by atoms with Crippen molar-refractivity contribution in [2.75, 3.05) is 6.61 Å². The Hall–Kier alpha value is -1.34. The normalized spacial score (nSPS) is 9.40. The first kappa shape index (κ1) is 11.7. The highest BCUT2D eigenvalue weighted by Gasteiger charge is 2.12. The van der Waals surface area contributed by atoms with E-state index in [1.54, 1.807) is 18.2 Å². The Morgan fingerprint density at radius 2 is 2.33 bits per heavy atom. The zero-order valence-electron chi connectivity index (χ0n) is 8.29. The molecule has 0 unspecified atom stereocenters. The van der Waals surface area contributed by atoms with E-state index in [1.165, 1.54) is 0 Å². The number of ketones is 1. The fourth-order valence-electron chi connectivity index (χ4n) is 1.17. The SMILES string of the molecule is CCOc1ccc(Br)cc1C(=O)CC#N. The van der Waals surface area contributed by atoms with Crippen LogP contribution in [0.5, 0.6) is 5.75 Å². The Balaban J connectivity index is 3.07. The molecule has 0 aliphatic heterocycles. The van der Waals surface area contributed by atoms with Crippen molar-refractivity contribution < 1.29 is 9.53 Å². The second-order valence-electron chi connectivity index (χ2n) is 2.83. The maximum atomic E-state index is 11.6. The number of nitrogens with zero attached hydrogens (tertiary/aromatic N) is 1. The fraction of sp³-hybridized carbons (Fsp3) is 0.273. The van der Waals surface area contributed by atoms with Gasteiger partial charge in [-0.05, 0) is 25.1 Å². The largest absolute Gasteiger partial charge is 0.493 e. The molecule has 0 aromatic heterocycles. The van der Waals surface area contributed by atoms with E-state index in [-0.39, 0.29) is 12.2 Å². The van der Waals surface area contributed by atoms with Crippen LogP contribution in [0.15, 0.2) is 22.7 Å². The molecule has 0 spiro atoms. The first-order chi connectivity index (χ1) is 7.19. The molecular weight excluding hydrogens is 258 g/mol. The van der Waals surface area contributed by atoms with Gasteiger partial charge in [0, 0.05) is 4.47 Å². The molecule has 4 heteroatoms. The summed E-state index contributed by atoms with van der Waals surface area (Å²) in [7, 11) is 0. The van der Waals surface area contributed by atoms with Crippen molar-refractivity contribution in [1.29, 1.82) is 5.26 Å². The highest BCUT2D eigenvalue weighted by molar-refractivity contribution is 9.10. The second-order valence-corrected chi connectivity index (χ2v) is 3.75. The number of benzene rings is 1. The van der Waals surface area contributed by atoms with E-state index < -0.39 is 0 Å². The molecule has 0 aliphatic carbocycles. The van der Waals surface area contributed by atoms with Crippen molar-refractivity contribution >= 4 is 21.7 Å². The van der Waals surface area contributed by atoms with Crippen LogP contribution in [-0.4, -0.2) is 12.4 Å². The van der Waals surface area contributed by atoms with E-state index in [2.05, 4.69) is 15.9 Å². The third-order valence-corrected chi connectivity index (χ3v) is 2.27. The number of nitriles is 1. The summed E-state index contributed by atoms with van der Waals surface area (Å²) in [5.74, 6) is 0.309. The summed E-state index contributed by atoms with van der Waals surface area (Å²) in [5.41, 5.74) is 0.452. The Bertz CT molecular complexity index is 410. The van der Waals surface area contributed by atoms with Gasteiger partial charge >= 0.3 is 0 Å². The lowest BCUT2D eigenvalue weighted by Crippen LogP contribution is -2.03. The Kier molecular flexibility index (Phi) is 4.32. The van der Waals surface area contributed by atoms with E-state index >= 15 is 0 Å². The molecule has 3 nitrogen and oxygen atoms in total. The number of carbonyl (C=O) groups excluding carboxylic acids is 1. The van der Waals surface area contributed by atoms with Crippen molar-refractivity contribution in [3.63, 3.8) is 0 Å². The van der Waals surface area contributed by atoms with Gasteiger partial charge < -0.3 is 4.74 Å². The average Bonchev–Trinajstić information content (AvgIpc) is 2.21. The smallest absolute Gasteiger partial charge is 0.180 e. The highest BCUT2D eigenvalue weighted by atomic mass is 79.9. The van der Waals surface area contributed by atoms with Gasteiger partial charge in [-0.3, -0.25) is 4.79 Å². The summed E-state index contributed by atoms with van der Waals surface area (Å²) < 4.78 is 6.11. The Labute approximate surface area is 96.8 Å². The summed E-state index contributed by atoms with van der Waals surface area (Å²) in [5, 5.41) is 8.46. The number of hydrogen-bond acceptors (Lipinski definition) is 3. The summed E-state index contributed by atoms with van der Waals surface area (Å²) in [6.45, 7) is 2.34. The van der Waals surface area contributed by atoms with Crippen LogP contribution in [0.1, 0.15) is 23.7 Å². The van der Waals surface area contributed by atoms with Crippen molar-refractivity contribution in [3.05, 3.63) is 28.2 Å². The van der Waals surface area contributed by atoms with Gasteiger partial charge in [0.25, 0.3) is 0 Å². The van der Waals surface area contributed by atoms with E-state index in [0.717, 1.165) is 4.47 Å². The zero-order valence-corrected chi connectivity index (χ0v) is 9.87. The summed E-state index contributed by atoms with van der Waals surface area (Å²) >= 11 is 3.28. The van der Waals surface area contributed by atoms with E-state index in [4.69, 9.17) is 10.00 Å². The highest BCUT2D eigenvalue weighted by Crippen LogP contribution is 2.24. The molecular formula is C11H10BrNO2. The van der Waals surface area contributed by atoms with Gasteiger partial charge in [0.15, 0.2) is 5.78 Å². The molecule has 0 radical (unpaired) electrons. The molecule has 15 heavy (non-hydrogen) atoms. The minimum Gasteiger partial charge on any atom is -0.493 e. The number of rotatable bonds is 4. The lowest BCUT2D eigenvalue weighted by Gasteiger charge is -2.08. The van der Waals surface area contributed by atoms with Gasteiger partial charge in [-0.25, -0.2) is 0 Å². The zero-order chi connectivity index (χ0) is 11.3. The molecule has 0 atom stereocenters. The Morgan fingerprint density at radius 3 is 2.93 bits per heavy atom. The maximum absolute atomic E-state index is 11.6. The van der Waals surface area contributed by atoms with Crippen LogP contribution in [-0.2, 0) is 0 Å². The van der Waals surface area contributed by atoms with Gasteiger partial charge in [0.05, 0.1) is 24.7 Å². The number of ether oxygens (including phenoxy) is 1. The summed E-state index contributed by atoms with van der Waals surface area (Å²) in [6, 6.07) is 7.03. The van der Waals surface area contributed by atoms with Crippen LogP contribution in [0.2, 0.25) is 0 Å². The minimum atomic E-state index is -0.220. The Morgan fingerprint density at radius 1 is 1.60 bits per heavy atom. The van der Waals surface area contributed by atoms with Gasteiger partial charge in [-0.15, -0.1) is 0 Å². The van der Waals surface area contributed by atoms with Crippen molar-refractivity contribution in [2.24, 2.45) is 0 Å². The minimum absolute atomic E-state index is 0.128. The molecule has 78 valence electrons. The number of carbonyl (C=O) groups is 1. The van der Waals surface area contributed by atoms with Gasteiger partial charge in [0.1, 0.15) is 5.75 Å². The van der Waals surface area contributed by atoms with E-state index in [9.17, 15) is 4.79 Å². The van der Waals surface area contributed by atoms with Crippen LogP contribution in [0, 0.1) is 11.3 Å². The van der Waals surface area contributed by atoms with Crippen LogP contribution in [0.25, 0.3) is 0 Å². The summed E-state index contributed by atoms with van der Waals surface area (Å²) in [4.78, 5) is 11.6. The predicted octanol–water partition coefficient (Wildman–Crippen LogP) is 2.94. The topological polar surface area (TPSA) is 50.1 Å². The van der Waals surface area contributed by atoms with Gasteiger partial charge in [0.2, 0.25) is 0 Å². The van der Waals surface area contributed by atoms with Crippen molar-refractivity contribution in [3.8, 4) is 11.8 Å². The molecule has 0 aliphatic rings. The quantitative estimate of drug-likeness (QED) is 0.789. The molecule has 0 bridgehead atoms. The maximum Gasteiger partial charge on any atom is 0.180 e. The number of Topliss-reactive ketones (excluding diaryl/α,β-unsaturated/α-hetero) is 1. The standard InChI is InChI=1S/C11H10BrNO2/c1-2-15-11-4-3-8(12)7-9(11)10(14)5-6-13/h3-4,7H,2,5H2,1H3. The van der Waals surface area contributed by atoms with Crippen molar-refractivity contribution in [2.45, 2.75) is 13.3 Å². The molecule has 0 N–H and O–H groups in total. The lowest BCUT2D eigenvalue weighted by atomic mass is 10.1. The molecule has 1 rings (SSSR count). The van der Waals surface area contributed by atoms with E-state index in [1.807, 2.05) is 13.0 Å². The van der Waals surface area contributed by atoms with Crippen LogP contribution in [0.4, 0.5) is 0 Å². The lowest BCUT2D eigenvalue weighted by molar-refractivity contribution is 0.0994.